The zero-order valence-corrected chi connectivity index (χ0v) is 14.9. The summed E-state index contributed by atoms with van der Waals surface area (Å²) in [6.45, 7) is 8.59. The molecule has 0 saturated carbocycles. The van der Waals surface area contributed by atoms with Gasteiger partial charge in [-0.1, -0.05) is 13.8 Å². The highest BCUT2D eigenvalue weighted by Crippen LogP contribution is 2.25. The lowest BCUT2D eigenvalue weighted by Crippen LogP contribution is -2.29. The van der Waals surface area contributed by atoms with Crippen LogP contribution in [0.15, 0.2) is 10.3 Å². The van der Waals surface area contributed by atoms with Crippen molar-refractivity contribution >= 4 is 21.4 Å². The van der Waals surface area contributed by atoms with E-state index in [0.717, 1.165) is 30.0 Å². The Morgan fingerprint density at radius 2 is 2.14 bits per heavy atom. The molecule has 5 nitrogen and oxygen atoms in total. The summed E-state index contributed by atoms with van der Waals surface area (Å²) in [6, 6.07) is 1.75. The van der Waals surface area contributed by atoms with Crippen LogP contribution in [0.4, 0.5) is 0 Å². The fourth-order valence-electron chi connectivity index (χ4n) is 1.84. The molecule has 1 atom stereocenters. The van der Waals surface area contributed by atoms with Gasteiger partial charge in [-0.2, -0.15) is 0 Å². The predicted octanol–water partition coefficient (Wildman–Crippen LogP) is 2.12. The van der Waals surface area contributed by atoms with E-state index in [2.05, 4.69) is 17.0 Å². The summed E-state index contributed by atoms with van der Waals surface area (Å²) >= 11 is 1.34. The van der Waals surface area contributed by atoms with E-state index in [-0.39, 0.29) is 5.92 Å². The maximum Gasteiger partial charge on any atom is 0.250 e. The van der Waals surface area contributed by atoms with Gasteiger partial charge in [-0.25, -0.2) is 13.1 Å². The molecule has 0 aliphatic carbocycles. The second-order valence-corrected chi connectivity index (χ2v) is 8.39. The van der Waals surface area contributed by atoms with E-state index < -0.39 is 10.0 Å². The Kier molecular flexibility index (Phi) is 7.83. The Morgan fingerprint density at radius 1 is 1.43 bits per heavy atom. The minimum atomic E-state index is -3.42. The molecule has 1 rings (SSSR count). The third kappa shape index (κ3) is 6.04. The average molecular weight is 335 g/mol. The molecule has 1 unspecified atom stereocenters. The normalized spacial score (nSPS) is 13.5. The molecule has 1 heterocycles. The van der Waals surface area contributed by atoms with Crippen molar-refractivity contribution in [1.82, 2.24) is 10.0 Å². The molecule has 0 radical (unpaired) electrons. The lowest BCUT2D eigenvalue weighted by molar-refractivity contribution is 0.161. The fraction of sp³-hybridized carbons (Fsp3) is 0.714. The van der Waals surface area contributed by atoms with Gasteiger partial charge in [-0.15, -0.1) is 11.3 Å². The summed E-state index contributed by atoms with van der Waals surface area (Å²) < 4.78 is 32.6. The Bertz CT molecular complexity index is 526. The van der Waals surface area contributed by atoms with Gasteiger partial charge < -0.3 is 10.1 Å². The second-order valence-electron chi connectivity index (χ2n) is 5.26. The molecule has 1 aromatic rings. The fourth-order valence-corrected chi connectivity index (χ4v) is 4.61. The van der Waals surface area contributed by atoms with Crippen LogP contribution in [0.1, 0.15) is 30.7 Å². The molecule has 0 aromatic carbocycles. The number of methoxy groups -OCH3 is 1. The third-order valence-corrected chi connectivity index (χ3v) is 6.18. The number of hydrogen-bond donors (Lipinski definition) is 2. The van der Waals surface area contributed by atoms with E-state index in [1.807, 2.05) is 13.8 Å². The van der Waals surface area contributed by atoms with E-state index in [0.29, 0.717) is 17.4 Å². The maximum absolute atomic E-state index is 12.3. The minimum Gasteiger partial charge on any atom is -0.384 e. The van der Waals surface area contributed by atoms with Gasteiger partial charge in [0.05, 0.1) is 0 Å². The first kappa shape index (κ1) is 18.6. The van der Waals surface area contributed by atoms with E-state index in [1.54, 1.807) is 13.2 Å². The van der Waals surface area contributed by atoms with Crippen LogP contribution in [0.25, 0.3) is 0 Å². The van der Waals surface area contributed by atoms with Crippen LogP contribution in [0.2, 0.25) is 0 Å². The summed E-state index contributed by atoms with van der Waals surface area (Å²) in [5, 5.41) is 3.30. The predicted molar refractivity (Wildman–Crippen MR) is 87.3 cm³/mol. The summed E-state index contributed by atoms with van der Waals surface area (Å²) in [5.74, 6) is 0.150. The van der Waals surface area contributed by atoms with Crippen molar-refractivity contribution in [1.29, 1.82) is 0 Å². The molecule has 0 bridgehead atoms. The van der Waals surface area contributed by atoms with Crippen molar-refractivity contribution in [2.45, 2.75) is 37.9 Å². The van der Waals surface area contributed by atoms with Crippen molar-refractivity contribution in [2.75, 3.05) is 26.8 Å². The van der Waals surface area contributed by atoms with Gasteiger partial charge in [0.15, 0.2) is 0 Å². The number of rotatable bonds is 10. The molecule has 1 aromatic heterocycles. The third-order valence-electron chi connectivity index (χ3n) is 3.05. The molecule has 0 spiro atoms. The zero-order chi connectivity index (χ0) is 15.9. The van der Waals surface area contributed by atoms with Crippen LogP contribution >= 0.6 is 11.3 Å². The van der Waals surface area contributed by atoms with Crippen molar-refractivity contribution in [3.05, 3.63) is 16.5 Å². The van der Waals surface area contributed by atoms with Crippen LogP contribution in [0, 0.1) is 12.8 Å². The summed E-state index contributed by atoms with van der Waals surface area (Å²) in [6.07, 6.45) is 1.06. The lowest BCUT2D eigenvalue weighted by atomic mass is 10.2. The van der Waals surface area contributed by atoms with Crippen molar-refractivity contribution in [2.24, 2.45) is 5.92 Å². The van der Waals surface area contributed by atoms with Gasteiger partial charge in [0.2, 0.25) is 10.0 Å². The standard InChI is InChI=1S/C14H26N2O3S2/c1-5-6-15-9-13-12(3)7-14(20-13)21(17,18)16-8-11(2)10-19-4/h7,11,15-16H,5-6,8-10H2,1-4H3. The molecular weight excluding hydrogens is 308 g/mol. The Labute approximate surface area is 132 Å². The van der Waals surface area contributed by atoms with E-state index in [9.17, 15) is 8.42 Å². The van der Waals surface area contributed by atoms with Gasteiger partial charge >= 0.3 is 0 Å². The quantitative estimate of drug-likeness (QED) is 0.643. The number of aryl methyl sites for hydroxylation is 1. The topological polar surface area (TPSA) is 67.4 Å². The number of hydrogen-bond acceptors (Lipinski definition) is 5. The highest BCUT2D eigenvalue weighted by molar-refractivity contribution is 7.91. The van der Waals surface area contributed by atoms with Crippen LogP contribution in [0.5, 0.6) is 0 Å². The number of ether oxygens (including phenoxy) is 1. The van der Waals surface area contributed by atoms with Gasteiger partial charge in [-0.3, -0.25) is 0 Å². The molecule has 7 heteroatoms. The zero-order valence-electron chi connectivity index (χ0n) is 13.2. The van der Waals surface area contributed by atoms with Gasteiger partial charge in [0.1, 0.15) is 4.21 Å². The number of thiophene rings is 1. The first-order valence-corrected chi connectivity index (χ1v) is 9.49. The summed E-state index contributed by atoms with van der Waals surface area (Å²) in [7, 11) is -1.81. The van der Waals surface area contributed by atoms with Crippen LogP contribution in [-0.2, 0) is 21.3 Å². The molecule has 21 heavy (non-hydrogen) atoms. The summed E-state index contributed by atoms with van der Waals surface area (Å²) in [5.41, 5.74) is 1.02. The van der Waals surface area contributed by atoms with Gasteiger partial charge in [0.25, 0.3) is 0 Å². The first-order valence-electron chi connectivity index (χ1n) is 7.19. The Morgan fingerprint density at radius 3 is 2.76 bits per heavy atom. The smallest absolute Gasteiger partial charge is 0.250 e. The number of nitrogens with one attached hydrogen (secondary N) is 2. The second kappa shape index (κ2) is 8.85. The van der Waals surface area contributed by atoms with Gasteiger partial charge in [0, 0.05) is 31.7 Å². The molecule has 0 saturated heterocycles. The molecular formula is C14H26N2O3S2. The SMILES string of the molecule is CCCNCc1sc(S(=O)(=O)NCC(C)COC)cc1C. The molecule has 0 amide bonds. The van der Waals surface area contributed by atoms with E-state index in [4.69, 9.17) is 4.74 Å². The highest BCUT2D eigenvalue weighted by Gasteiger charge is 2.19. The highest BCUT2D eigenvalue weighted by atomic mass is 32.2. The van der Waals surface area contributed by atoms with Crippen molar-refractivity contribution in [3.8, 4) is 0 Å². The van der Waals surface area contributed by atoms with E-state index in [1.165, 1.54) is 11.3 Å². The van der Waals surface area contributed by atoms with Crippen LogP contribution < -0.4 is 10.0 Å². The largest absolute Gasteiger partial charge is 0.384 e. The lowest BCUT2D eigenvalue weighted by Gasteiger charge is -2.10. The first-order chi connectivity index (χ1) is 9.90. The number of sulfonamides is 1. The molecule has 0 aliphatic heterocycles. The monoisotopic (exact) mass is 334 g/mol. The molecule has 122 valence electrons. The maximum atomic E-state index is 12.3. The molecule has 0 fully saturated rings. The molecule has 0 aliphatic rings. The van der Waals surface area contributed by atoms with Crippen LogP contribution in [-0.4, -0.2) is 35.2 Å². The van der Waals surface area contributed by atoms with Gasteiger partial charge in [-0.05, 0) is 37.4 Å². The van der Waals surface area contributed by atoms with Crippen molar-refractivity contribution < 1.29 is 13.2 Å². The Balaban J connectivity index is 2.68. The van der Waals surface area contributed by atoms with E-state index >= 15 is 0 Å². The van der Waals surface area contributed by atoms with Crippen molar-refractivity contribution in [3.63, 3.8) is 0 Å². The van der Waals surface area contributed by atoms with Crippen LogP contribution in [0.3, 0.4) is 0 Å². The summed E-state index contributed by atoms with van der Waals surface area (Å²) in [4.78, 5) is 1.08. The Hall–Kier alpha value is -0.470. The molecule has 2 N–H and O–H groups in total. The minimum absolute atomic E-state index is 0.150. The average Bonchev–Trinajstić information content (AvgIpc) is 2.80.